The maximum atomic E-state index is 13.7. The summed E-state index contributed by atoms with van der Waals surface area (Å²) in [5, 5.41) is 2.97. The van der Waals surface area contributed by atoms with Crippen LogP contribution in [0.2, 0.25) is 0 Å². The van der Waals surface area contributed by atoms with E-state index in [1.165, 1.54) is 6.07 Å². The van der Waals surface area contributed by atoms with Crippen molar-refractivity contribution in [1.29, 1.82) is 0 Å². The van der Waals surface area contributed by atoms with Gasteiger partial charge in [0.2, 0.25) is 0 Å². The topological polar surface area (TPSA) is 68.9 Å². The summed E-state index contributed by atoms with van der Waals surface area (Å²) in [5.41, 5.74) is 7.12. The van der Waals surface area contributed by atoms with E-state index in [4.69, 9.17) is 15.2 Å². The van der Waals surface area contributed by atoms with Gasteiger partial charge in [0.15, 0.2) is 5.96 Å². The number of aliphatic imine (C=N–C) groups is 1. The molecular weight excluding hydrogens is 504 g/mol. The summed E-state index contributed by atoms with van der Waals surface area (Å²) in [6.07, 6.45) is 0.447. The molecule has 25 heavy (non-hydrogen) atoms. The third-order valence-corrected chi connectivity index (χ3v) is 3.83. The number of nitrogens with two attached hydrogens (primary N) is 1. The zero-order valence-corrected chi connectivity index (χ0v) is 17.8. The zero-order chi connectivity index (χ0) is 17.5. The molecule has 136 valence electrons. The standard InChI is InChI=1S/C17H19BrFN3O2.HI/c1-23-13-4-6-16(24-2)15(10-13)22-17(20)21-8-7-11-9-12(18)3-5-14(11)19;/h3-6,9-10H,7-8H2,1-2H3,(H3,20,21,22);1H. The fourth-order valence-electron chi connectivity index (χ4n) is 2.12. The molecule has 8 heteroatoms. The van der Waals surface area contributed by atoms with Gasteiger partial charge in [-0.2, -0.15) is 0 Å². The van der Waals surface area contributed by atoms with Gasteiger partial charge in [0.25, 0.3) is 0 Å². The van der Waals surface area contributed by atoms with Crippen LogP contribution < -0.4 is 20.5 Å². The molecule has 0 aliphatic rings. The van der Waals surface area contributed by atoms with Gasteiger partial charge in [-0.1, -0.05) is 15.9 Å². The number of rotatable bonds is 6. The second kappa shape index (κ2) is 10.4. The van der Waals surface area contributed by atoms with E-state index in [0.717, 1.165) is 4.47 Å². The van der Waals surface area contributed by atoms with Crippen molar-refractivity contribution >= 4 is 51.6 Å². The second-order valence-electron chi connectivity index (χ2n) is 4.94. The quantitative estimate of drug-likeness (QED) is 0.338. The van der Waals surface area contributed by atoms with Crippen LogP contribution in [0.1, 0.15) is 5.56 Å². The van der Waals surface area contributed by atoms with Gasteiger partial charge >= 0.3 is 0 Å². The summed E-state index contributed by atoms with van der Waals surface area (Å²) >= 11 is 3.33. The SMILES string of the molecule is COc1ccc(OC)c(NC(N)=NCCc2cc(Br)ccc2F)c1.I. The fraction of sp³-hybridized carbons (Fsp3) is 0.235. The minimum atomic E-state index is -0.255. The third kappa shape index (κ3) is 6.35. The van der Waals surface area contributed by atoms with Crippen molar-refractivity contribution in [3.63, 3.8) is 0 Å². The Morgan fingerprint density at radius 3 is 2.64 bits per heavy atom. The summed E-state index contributed by atoms with van der Waals surface area (Å²) in [5.74, 6) is 1.25. The van der Waals surface area contributed by atoms with Crippen LogP contribution in [-0.2, 0) is 6.42 Å². The molecule has 2 aromatic rings. The van der Waals surface area contributed by atoms with E-state index in [9.17, 15) is 4.39 Å². The Balaban J connectivity index is 0.00000312. The third-order valence-electron chi connectivity index (χ3n) is 3.34. The largest absolute Gasteiger partial charge is 0.497 e. The van der Waals surface area contributed by atoms with E-state index >= 15 is 0 Å². The van der Waals surface area contributed by atoms with Crippen molar-refractivity contribution in [3.8, 4) is 11.5 Å². The van der Waals surface area contributed by atoms with Crippen molar-refractivity contribution in [2.45, 2.75) is 6.42 Å². The zero-order valence-electron chi connectivity index (χ0n) is 13.9. The lowest BCUT2D eigenvalue weighted by Crippen LogP contribution is -2.23. The summed E-state index contributed by atoms with van der Waals surface area (Å²) in [6, 6.07) is 10.1. The van der Waals surface area contributed by atoms with Gasteiger partial charge in [0.05, 0.1) is 19.9 Å². The van der Waals surface area contributed by atoms with Crippen LogP contribution in [0.5, 0.6) is 11.5 Å². The second-order valence-corrected chi connectivity index (χ2v) is 5.86. The first-order valence-electron chi connectivity index (χ1n) is 7.26. The van der Waals surface area contributed by atoms with E-state index < -0.39 is 0 Å². The van der Waals surface area contributed by atoms with Crippen molar-refractivity contribution in [2.24, 2.45) is 10.7 Å². The highest BCUT2D eigenvalue weighted by molar-refractivity contribution is 14.0. The van der Waals surface area contributed by atoms with Crippen molar-refractivity contribution in [1.82, 2.24) is 0 Å². The first-order chi connectivity index (χ1) is 11.5. The molecule has 0 amide bonds. The average molecular weight is 524 g/mol. The highest BCUT2D eigenvalue weighted by atomic mass is 127. The normalized spacial score (nSPS) is 10.8. The molecule has 0 aliphatic heterocycles. The summed E-state index contributed by atoms with van der Waals surface area (Å²) in [6.45, 7) is 0.360. The number of ether oxygens (including phenoxy) is 2. The van der Waals surface area contributed by atoms with Crippen LogP contribution in [0.25, 0.3) is 0 Å². The number of guanidine groups is 1. The highest BCUT2D eigenvalue weighted by Crippen LogP contribution is 2.28. The Morgan fingerprint density at radius 1 is 1.20 bits per heavy atom. The number of halogens is 3. The average Bonchev–Trinajstić information content (AvgIpc) is 2.57. The molecule has 0 saturated carbocycles. The lowest BCUT2D eigenvalue weighted by molar-refractivity contribution is 0.405. The molecule has 0 aromatic heterocycles. The first kappa shape index (κ1) is 21.5. The molecule has 0 spiro atoms. The van der Waals surface area contributed by atoms with E-state index in [2.05, 4.69) is 26.2 Å². The maximum absolute atomic E-state index is 13.7. The number of anilines is 1. The molecule has 2 aromatic carbocycles. The fourth-order valence-corrected chi connectivity index (χ4v) is 2.53. The van der Waals surface area contributed by atoms with Gasteiger partial charge < -0.3 is 20.5 Å². The van der Waals surface area contributed by atoms with Gasteiger partial charge in [-0.25, -0.2) is 4.39 Å². The highest BCUT2D eigenvalue weighted by Gasteiger charge is 2.06. The molecule has 0 saturated heterocycles. The van der Waals surface area contributed by atoms with Crippen LogP contribution in [0, 0.1) is 5.82 Å². The van der Waals surface area contributed by atoms with E-state index in [0.29, 0.717) is 35.7 Å². The number of nitrogens with zero attached hydrogens (tertiary/aromatic N) is 1. The van der Waals surface area contributed by atoms with Crippen LogP contribution in [0.4, 0.5) is 10.1 Å². The summed E-state index contributed by atoms with van der Waals surface area (Å²) in [4.78, 5) is 4.22. The van der Waals surface area contributed by atoms with Crippen molar-refractivity contribution < 1.29 is 13.9 Å². The Labute approximate surface area is 172 Å². The monoisotopic (exact) mass is 523 g/mol. The molecule has 0 heterocycles. The van der Waals surface area contributed by atoms with Crippen molar-refractivity contribution in [3.05, 3.63) is 52.3 Å². The van der Waals surface area contributed by atoms with Gasteiger partial charge in [-0.3, -0.25) is 4.99 Å². The lowest BCUT2D eigenvalue weighted by Gasteiger charge is -2.12. The number of hydrogen-bond donors (Lipinski definition) is 2. The van der Waals surface area contributed by atoms with Crippen molar-refractivity contribution in [2.75, 3.05) is 26.1 Å². The Kier molecular flexibility index (Phi) is 8.98. The number of methoxy groups -OCH3 is 2. The molecular formula is C17H20BrFIN3O2. The van der Waals surface area contributed by atoms with E-state index in [-0.39, 0.29) is 35.8 Å². The Hall–Kier alpha value is -1.55. The maximum Gasteiger partial charge on any atom is 0.193 e. The first-order valence-corrected chi connectivity index (χ1v) is 8.05. The number of hydrogen-bond acceptors (Lipinski definition) is 3. The molecule has 5 nitrogen and oxygen atoms in total. The Bertz CT molecular complexity index is 744. The molecule has 0 aliphatic carbocycles. The van der Waals surface area contributed by atoms with E-state index in [1.807, 2.05) is 0 Å². The minimum Gasteiger partial charge on any atom is -0.497 e. The minimum absolute atomic E-state index is 0. The smallest absolute Gasteiger partial charge is 0.193 e. The number of benzene rings is 2. The Morgan fingerprint density at radius 2 is 1.96 bits per heavy atom. The molecule has 0 bridgehead atoms. The van der Waals surface area contributed by atoms with Gasteiger partial charge in [-0.15, -0.1) is 24.0 Å². The van der Waals surface area contributed by atoms with Crippen LogP contribution >= 0.6 is 39.9 Å². The number of nitrogens with one attached hydrogen (secondary N) is 1. The van der Waals surface area contributed by atoms with Crippen LogP contribution in [0.15, 0.2) is 45.9 Å². The van der Waals surface area contributed by atoms with Gasteiger partial charge in [0, 0.05) is 17.1 Å². The molecule has 0 fully saturated rings. The van der Waals surface area contributed by atoms with Gasteiger partial charge in [-0.05, 0) is 42.3 Å². The molecule has 2 rings (SSSR count). The van der Waals surface area contributed by atoms with E-state index in [1.54, 1.807) is 44.6 Å². The molecule has 0 atom stereocenters. The lowest BCUT2D eigenvalue weighted by atomic mass is 10.1. The summed E-state index contributed by atoms with van der Waals surface area (Å²) < 4.78 is 24.9. The predicted octanol–water partition coefficient (Wildman–Crippen LogP) is 4.19. The van der Waals surface area contributed by atoms with Gasteiger partial charge in [0.1, 0.15) is 17.3 Å². The predicted molar refractivity (Wildman–Crippen MR) is 113 cm³/mol. The molecule has 0 radical (unpaired) electrons. The molecule has 0 unspecified atom stereocenters. The van der Waals surface area contributed by atoms with Crippen LogP contribution in [-0.4, -0.2) is 26.7 Å². The molecule has 3 N–H and O–H groups in total. The summed E-state index contributed by atoms with van der Waals surface area (Å²) in [7, 11) is 3.14. The van der Waals surface area contributed by atoms with Crippen LogP contribution in [0.3, 0.4) is 0 Å².